The fourth-order valence-electron chi connectivity index (χ4n) is 2.55. The number of hydrogen-bond donors (Lipinski definition) is 1. The minimum Gasteiger partial charge on any atom is -0.497 e. The molecule has 164 valence electrons. The van der Waals surface area contributed by atoms with Crippen LogP contribution in [0.1, 0.15) is 18.4 Å². The van der Waals surface area contributed by atoms with Gasteiger partial charge in [-0.05, 0) is 42.9 Å². The van der Waals surface area contributed by atoms with Crippen LogP contribution in [0.15, 0.2) is 29.3 Å². The first-order valence-corrected chi connectivity index (χ1v) is 9.90. The lowest BCUT2D eigenvalue weighted by atomic mass is 10.1. The van der Waals surface area contributed by atoms with Gasteiger partial charge in [-0.25, -0.2) is 4.99 Å². The number of aliphatic imine (C=N–C) groups is 1. The fraction of sp³-hybridized carbons (Fsp3) is 0.619. The first-order chi connectivity index (χ1) is 13.5. The van der Waals surface area contributed by atoms with Crippen molar-refractivity contribution >= 4 is 35.8 Å². The number of carbonyl (C=O) groups excluding carboxylic acids is 1. The molecule has 0 aliphatic heterocycles. The van der Waals surface area contributed by atoms with Crippen molar-refractivity contribution in [3.05, 3.63) is 29.8 Å². The van der Waals surface area contributed by atoms with E-state index in [4.69, 9.17) is 9.47 Å². The van der Waals surface area contributed by atoms with Crippen LogP contribution < -0.4 is 10.1 Å². The summed E-state index contributed by atoms with van der Waals surface area (Å²) in [7, 11) is 7.12. The van der Waals surface area contributed by atoms with Crippen LogP contribution in [0.3, 0.4) is 0 Å². The molecule has 1 aliphatic rings. The molecule has 0 radical (unpaired) electrons. The van der Waals surface area contributed by atoms with E-state index < -0.39 is 0 Å². The molecule has 7 nitrogen and oxygen atoms in total. The lowest BCUT2D eigenvalue weighted by Crippen LogP contribution is -2.42. The molecular formula is C21H35IN4O3. The van der Waals surface area contributed by atoms with Crippen LogP contribution in [-0.4, -0.2) is 82.8 Å². The normalized spacial score (nSPS) is 13.4. The van der Waals surface area contributed by atoms with Crippen LogP contribution in [0, 0.1) is 5.92 Å². The van der Waals surface area contributed by atoms with E-state index in [1.54, 1.807) is 26.1 Å². The first-order valence-electron chi connectivity index (χ1n) is 9.90. The average Bonchev–Trinajstić information content (AvgIpc) is 3.52. The van der Waals surface area contributed by atoms with Crippen molar-refractivity contribution in [1.82, 2.24) is 15.1 Å². The molecule has 1 aromatic carbocycles. The quantitative estimate of drug-likeness (QED) is 0.211. The highest BCUT2D eigenvalue weighted by Crippen LogP contribution is 2.28. The summed E-state index contributed by atoms with van der Waals surface area (Å²) in [6.07, 6.45) is 3.45. The monoisotopic (exact) mass is 518 g/mol. The number of benzene rings is 1. The minimum atomic E-state index is -0.0205. The number of halogens is 1. The number of hydrogen-bond acceptors (Lipinski definition) is 4. The predicted octanol–water partition coefficient (Wildman–Crippen LogP) is 2.25. The molecule has 0 unspecified atom stereocenters. The standard InChI is InChI=1S/C21H34N4O3.HI/c1-24(2)20(26)15-23-21(25(3)13-14-28-16-18-5-6-18)22-12-11-17-7-9-19(27-4)10-8-17;/h7-10,18H,5-6,11-16H2,1-4H3,(H,22,23);1H. The molecule has 0 heterocycles. The molecule has 0 aromatic heterocycles. The predicted molar refractivity (Wildman–Crippen MR) is 127 cm³/mol. The van der Waals surface area contributed by atoms with Crippen LogP contribution in [0.5, 0.6) is 5.75 Å². The van der Waals surface area contributed by atoms with E-state index in [1.807, 2.05) is 24.1 Å². The number of methoxy groups -OCH3 is 1. The highest BCUT2D eigenvalue weighted by Gasteiger charge is 2.21. The molecule has 1 aromatic rings. The van der Waals surface area contributed by atoms with Gasteiger partial charge in [-0.3, -0.25) is 4.79 Å². The molecular weight excluding hydrogens is 483 g/mol. The third kappa shape index (κ3) is 10.2. The van der Waals surface area contributed by atoms with E-state index >= 15 is 0 Å². The van der Waals surface area contributed by atoms with Crippen molar-refractivity contribution in [3.63, 3.8) is 0 Å². The Balaban J connectivity index is 0.00000420. The van der Waals surface area contributed by atoms with Crippen LogP contribution in [0.4, 0.5) is 0 Å². The lowest BCUT2D eigenvalue weighted by Gasteiger charge is -2.23. The van der Waals surface area contributed by atoms with Gasteiger partial charge >= 0.3 is 0 Å². The number of carbonyl (C=O) groups is 1. The summed E-state index contributed by atoms with van der Waals surface area (Å²) in [5.74, 6) is 2.32. The maximum Gasteiger partial charge on any atom is 0.243 e. The number of ether oxygens (including phenoxy) is 2. The number of rotatable bonds is 11. The molecule has 29 heavy (non-hydrogen) atoms. The number of nitrogens with one attached hydrogen (secondary N) is 1. The highest BCUT2D eigenvalue weighted by atomic mass is 127. The summed E-state index contributed by atoms with van der Waals surface area (Å²) in [5.41, 5.74) is 1.22. The molecule has 0 bridgehead atoms. The Morgan fingerprint density at radius 3 is 2.48 bits per heavy atom. The van der Waals surface area contributed by atoms with Crippen LogP contribution >= 0.6 is 24.0 Å². The van der Waals surface area contributed by atoms with Crippen LogP contribution in [0.2, 0.25) is 0 Å². The van der Waals surface area contributed by atoms with Crippen molar-refractivity contribution in [3.8, 4) is 5.75 Å². The Morgan fingerprint density at radius 1 is 1.21 bits per heavy atom. The van der Waals surface area contributed by atoms with E-state index in [9.17, 15) is 4.79 Å². The van der Waals surface area contributed by atoms with Gasteiger partial charge in [0.05, 0.1) is 13.7 Å². The van der Waals surface area contributed by atoms with Crippen LogP contribution in [0.25, 0.3) is 0 Å². The number of likely N-dealkylation sites (N-methyl/N-ethyl adjacent to an activating group) is 2. The number of amides is 1. The third-order valence-corrected chi connectivity index (χ3v) is 4.70. The second-order valence-corrected chi connectivity index (χ2v) is 7.39. The van der Waals surface area contributed by atoms with Crippen LogP contribution in [-0.2, 0) is 16.0 Å². The molecule has 0 atom stereocenters. The summed E-state index contributed by atoms with van der Waals surface area (Å²) in [6.45, 7) is 3.11. The molecule has 2 rings (SSSR count). The smallest absolute Gasteiger partial charge is 0.243 e. The van der Waals surface area contributed by atoms with Gasteiger partial charge in [-0.2, -0.15) is 0 Å². The largest absolute Gasteiger partial charge is 0.497 e. The summed E-state index contributed by atoms with van der Waals surface area (Å²) in [4.78, 5) is 20.0. The van der Waals surface area contributed by atoms with Crippen molar-refractivity contribution in [2.45, 2.75) is 19.3 Å². The van der Waals surface area contributed by atoms with Gasteiger partial charge in [0, 0.05) is 40.8 Å². The summed E-state index contributed by atoms with van der Waals surface area (Å²) >= 11 is 0. The van der Waals surface area contributed by atoms with Gasteiger partial charge in [0.25, 0.3) is 0 Å². The van der Waals surface area contributed by atoms with Gasteiger partial charge in [0.2, 0.25) is 5.91 Å². The maximum atomic E-state index is 11.9. The Bertz CT molecular complexity index is 633. The third-order valence-electron chi connectivity index (χ3n) is 4.70. The Hall–Kier alpha value is -1.55. The van der Waals surface area contributed by atoms with Gasteiger partial charge in [0.1, 0.15) is 12.3 Å². The Labute approximate surface area is 191 Å². The molecule has 1 N–H and O–H groups in total. The fourth-order valence-corrected chi connectivity index (χ4v) is 2.55. The van der Waals surface area contributed by atoms with Gasteiger partial charge < -0.3 is 24.6 Å². The molecule has 8 heteroatoms. The number of guanidine groups is 1. The van der Waals surface area contributed by atoms with Gasteiger partial charge in [0.15, 0.2) is 5.96 Å². The second-order valence-electron chi connectivity index (χ2n) is 7.39. The zero-order valence-corrected chi connectivity index (χ0v) is 20.3. The molecule has 1 aliphatic carbocycles. The summed E-state index contributed by atoms with van der Waals surface area (Å²) in [6, 6.07) is 8.04. The summed E-state index contributed by atoms with van der Waals surface area (Å²) < 4.78 is 10.9. The second kappa shape index (κ2) is 13.6. The van der Waals surface area contributed by atoms with E-state index in [-0.39, 0.29) is 36.4 Å². The molecule has 0 spiro atoms. The zero-order valence-electron chi connectivity index (χ0n) is 18.0. The molecule has 1 saturated carbocycles. The first kappa shape index (κ1) is 25.5. The summed E-state index contributed by atoms with van der Waals surface area (Å²) in [5, 5.41) is 3.37. The molecule has 1 fully saturated rings. The van der Waals surface area contributed by atoms with E-state index in [0.29, 0.717) is 6.61 Å². The SMILES string of the molecule is COc1ccc(CCNC(=NCC(=O)N(C)C)N(C)CCOCC2CC2)cc1.I. The van der Waals surface area contributed by atoms with Crippen molar-refractivity contribution < 1.29 is 14.3 Å². The lowest BCUT2D eigenvalue weighted by molar-refractivity contribution is -0.127. The molecule has 1 amide bonds. The average molecular weight is 518 g/mol. The minimum absolute atomic E-state index is 0. The van der Waals surface area contributed by atoms with Crippen molar-refractivity contribution in [1.29, 1.82) is 0 Å². The Kier molecular flexibility index (Phi) is 12.0. The van der Waals surface area contributed by atoms with Crippen molar-refractivity contribution in [2.75, 3.05) is 61.1 Å². The zero-order chi connectivity index (χ0) is 20.4. The van der Waals surface area contributed by atoms with E-state index in [2.05, 4.69) is 22.4 Å². The molecule has 0 saturated heterocycles. The van der Waals surface area contributed by atoms with Crippen molar-refractivity contribution in [2.24, 2.45) is 10.9 Å². The Morgan fingerprint density at radius 2 is 1.90 bits per heavy atom. The van der Waals surface area contributed by atoms with E-state index in [0.717, 1.165) is 43.7 Å². The van der Waals surface area contributed by atoms with Gasteiger partial charge in [-0.1, -0.05) is 12.1 Å². The van der Waals surface area contributed by atoms with E-state index in [1.165, 1.54) is 18.4 Å². The maximum absolute atomic E-state index is 11.9. The number of nitrogens with zero attached hydrogens (tertiary/aromatic N) is 3. The highest BCUT2D eigenvalue weighted by molar-refractivity contribution is 14.0. The van der Waals surface area contributed by atoms with Gasteiger partial charge in [-0.15, -0.1) is 24.0 Å². The topological polar surface area (TPSA) is 66.4 Å².